The van der Waals surface area contributed by atoms with E-state index in [0.29, 0.717) is 6.61 Å². The first-order valence-electron chi connectivity index (χ1n) is 2.02. The van der Waals surface area contributed by atoms with Gasteiger partial charge in [-0.05, 0) is 6.92 Å². The van der Waals surface area contributed by atoms with Crippen molar-refractivity contribution in [2.75, 3.05) is 12.5 Å². The molecule has 7 heteroatoms. The Morgan fingerprint density at radius 3 is 1.82 bits per heavy atom. The van der Waals surface area contributed by atoms with Crippen molar-refractivity contribution in [1.29, 1.82) is 0 Å². The summed E-state index contributed by atoms with van der Waals surface area (Å²) in [4.78, 5) is 10.1. The molecule has 0 aliphatic rings. The number of ether oxygens (including phenoxy) is 1. The molecular weight excluding hydrogens is 183 g/mol. The van der Waals surface area contributed by atoms with E-state index in [1.165, 1.54) is 0 Å². The lowest BCUT2D eigenvalue weighted by Gasteiger charge is -1.92. The number of esters is 1. The second-order valence-electron chi connectivity index (χ2n) is 0.939. The molecule has 0 saturated carbocycles. The van der Waals surface area contributed by atoms with E-state index < -0.39 is 0 Å². The summed E-state index contributed by atoms with van der Waals surface area (Å²) in [5, 5.41) is 0. The second kappa shape index (κ2) is 22.6. The van der Waals surface area contributed by atoms with E-state index >= 15 is 0 Å². The molecule has 0 fully saturated rings. The lowest BCUT2D eigenvalue weighted by Crippen LogP contribution is -2.03. The van der Waals surface area contributed by atoms with Gasteiger partial charge in [0.1, 0.15) is 5.88 Å². The Bertz CT molecular complexity index is 76.4. The maximum atomic E-state index is 10.1. The SMILES string of the molecule is CCOC(=O)CCl.F.F.F.[B]. The van der Waals surface area contributed by atoms with E-state index in [0.717, 1.165) is 0 Å². The van der Waals surface area contributed by atoms with Crippen LogP contribution < -0.4 is 0 Å². The van der Waals surface area contributed by atoms with E-state index in [2.05, 4.69) is 4.74 Å². The van der Waals surface area contributed by atoms with Crippen LogP contribution in [0.15, 0.2) is 0 Å². The summed E-state index contributed by atoms with van der Waals surface area (Å²) >= 11 is 5.06. The number of rotatable bonds is 2. The van der Waals surface area contributed by atoms with Crippen molar-refractivity contribution in [1.82, 2.24) is 0 Å². The zero-order valence-electron chi connectivity index (χ0n) is 5.91. The molecule has 69 valence electrons. The molecule has 0 aliphatic heterocycles. The quantitative estimate of drug-likeness (QED) is 0.369. The predicted octanol–water partition coefficient (Wildman–Crippen LogP) is 0.865. The van der Waals surface area contributed by atoms with Crippen LogP contribution in [0.1, 0.15) is 6.92 Å². The molecule has 3 radical (unpaired) electrons. The van der Waals surface area contributed by atoms with E-state index in [1.54, 1.807) is 6.92 Å². The van der Waals surface area contributed by atoms with Crippen molar-refractivity contribution in [3.63, 3.8) is 0 Å². The number of hydrogen-bond donors (Lipinski definition) is 0. The third kappa shape index (κ3) is 26.2. The summed E-state index contributed by atoms with van der Waals surface area (Å²) in [5.41, 5.74) is 0. The first-order valence-corrected chi connectivity index (χ1v) is 2.56. The second-order valence-corrected chi connectivity index (χ2v) is 1.21. The highest BCUT2D eigenvalue weighted by Gasteiger charge is 1.93. The normalized spacial score (nSPS) is 5.27. The van der Waals surface area contributed by atoms with Crippen LogP contribution in [-0.4, -0.2) is 26.9 Å². The lowest BCUT2D eigenvalue weighted by atomic mass is 10.8. The molecule has 0 heterocycles. The van der Waals surface area contributed by atoms with Crippen molar-refractivity contribution < 1.29 is 23.6 Å². The Morgan fingerprint density at radius 2 is 1.73 bits per heavy atom. The van der Waals surface area contributed by atoms with Gasteiger partial charge in [0.05, 0.1) is 6.61 Å². The van der Waals surface area contributed by atoms with E-state index in [-0.39, 0.29) is 34.4 Å². The Morgan fingerprint density at radius 1 is 1.36 bits per heavy atom. The average molecular weight is 193 g/mol. The van der Waals surface area contributed by atoms with Gasteiger partial charge in [-0.1, -0.05) is 0 Å². The fourth-order valence-corrected chi connectivity index (χ4v) is 0.277. The van der Waals surface area contributed by atoms with Crippen LogP contribution in [-0.2, 0) is 9.53 Å². The summed E-state index contributed by atoms with van der Waals surface area (Å²) in [6.07, 6.45) is 0. The maximum absolute atomic E-state index is 10.1. The highest BCUT2D eigenvalue weighted by atomic mass is 35.5. The van der Waals surface area contributed by atoms with Gasteiger partial charge in [0.25, 0.3) is 0 Å². The topological polar surface area (TPSA) is 26.3 Å². The smallest absolute Gasteiger partial charge is 0.320 e. The van der Waals surface area contributed by atoms with E-state index in [4.69, 9.17) is 11.6 Å². The van der Waals surface area contributed by atoms with Crippen LogP contribution in [0.5, 0.6) is 0 Å². The van der Waals surface area contributed by atoms with Crippen LogP contribution in [0.2, 0.25) is 0 Å². The molecule has 0 N–H and O–H groups in total. The molecule has 0 amide bonds. The minimum absolute atomic E-state index is 0. The standard InChI is InChI=1S/C4H7ClO2.B.3FH/c1-2-7-4(6)3-5;;;;/h2-3H2,1H3;;3*1H. The highest BCUT2D eigenvalue weighted by Crippen LogP contribution is 1.79. The molecule has 11 heavy (non-hydrogen) atoms. The third-order valence-electron chi connectivity index (χ3n) is 0.414. The molecule has 0 aliphatic carbocycles. The summed E-state index contributed by atoms with van der Waals surface area (Å²) < 4.78 is 4.42. The largest absolute Gasteiger partial charge is 0.465 e. The first kappa shape index (κ1) is 31.1. The fraction of sp³-hybridized carbons (Fsp3) is 0.750. The van der Waals surface area contributed by atoms with E-state index in [9.17, 15) is 4.79 Å². The van der Waals surface area contributed by atoms with Gasteiger partial charge in [-0.25, -0.2) is 0 Å². The fourth-order valence-electron chi connectivity index (χ4n) is 0.200. The minimum atomic E-state index is -0.357. The lowest BCUT2D eigenvalue weighted by molar-refractivity contribution is -0.140. The summed E-state index contributed by atoms with van der Waals surface area (Å²) in [7, 11) is 0. The number of alkyl halides is 1. The monoisotopic (exact) mass is 193 g/mol. The molecule has 0 aromatic rings. The van der Waals surface area contributed by atoms with Crippen molar-refractivity contribution in [2.45, 2.75) is 6.92 Å². The minimum Gasteiger partial charge on any atom is -0.465 e. The van der Waals surface area contributed by atoms with Crippen LogP contribution in [0.3, 0.4) is 0 Å². The van der Waals surface area contributed by atoms with Crippen LogP contribution in [0.4, 0.5) is 14.1 Å². The molecule has 0 aromatic heterocycles. The molecule has 0 saturated heterocycles. The molecule has 0 rings (SSSR count). The molecule has 0 atom stereocenters. The van der Waals surface area contributed by atoms with Crippen molar-refractivity contribution >= 4 is 26.0 Å². The van der Waals surface area contributed by atoms with Crippen molar-refractivity contribution in [3.05, 3.63) is 0 Å². The molecule has 0 unspecified atom stereocenters. The molecule has 0 spiro atoms. The van der Waals surface area contributed by atoms with Gasteiger partial charge in [0.2, 0.25) is 0 Å². The van der Waals surface area contributed by atoms with Crippen LogP contribution in [0.25, 0.3) is 0 Å². The first-order chi connectivity index (χ1) is 3.31. The molecule has 2 nitrogen and oxygen atoms in total. The number of carbonyl (C=O) groups excluding carboxylic acids is 1. The zero-order valence-corrected chi connectivity index (χ0v) is 6.67. The molecule has 0 bridgehead atoms. The summed E-state index contributed by atoms with van der Waals surface area (Å²) in [6.45, 7) is 2.15. The Labute approximate surface area is 69.9 Å². The van der Waals surface area contributed by atoms with Crippen molar-refractivity contribution in [3.8, 4) is 0 Å². The van der Waals surface area contributed by atoms with Gasteiger partial charge >= 0.3 is 5.97 Å². The van der Waals surface area contributed by atoms with Gasteiger partial charge in [-0.3, -0.25) is 18.9 Å². The molecule has 0 aromatic carbocycles. The summed E-state index contributed by atoms with van der Waals surface area (Å²) in [5.74, 6) is -0.405. The average Bonchev–Trinajstić information content (AvgIpc) is 1.68. The molecular formula is C4H10BClF3O2. The third-order valence-corrected chi connectivity index (χ3v) is 0.633. The number of hydrogen-bond acceptors (Lipinski definition) is 2. The number of halogens is 4. The van der Waals surface area contributed by atoms with Crippen molar-refractivity contribution in [2.24, 2.45) is 0 Å². The predicted molar refractivity (Wildman–Crippen MR) is 40.6 cm³/mol. The van der Waals surface area contributed by atoms with Gasteiger partial charge in [0, 0.05) is 8.41 Å². The van der Waals surface area contributed by atoms with Gasteiger partial charge < -0.3 is 4.74 Å². The highest BCUT2D eigenvalue weighted by molar-refractivity contribution is 6.26. The Kier molecular flexibility index (Phi) is 64.0. The Balaban J connectivity index is -0.0000000300. The Hall–Kier alpha value is -0.385. The zero-order chi connectivity index (χ0) is 5.70. The van der Waals surface area contributed by atoms with Gasteiger partial charge in [-0.2, -0.15) is 0 Å². The van der Waals surface area contributed by atoms with Crippen LogP contribution >= 0.6 is 11.6 Å². The van der Waals surface area contributed by atoms with E-state index in [1.807, 2.05) is 0 Å². The number of carbonyl (C=O) groups is 1. The van der Waals surface area contributed by atoms with Gasteiger partial charge in [0.15, 0.2) is 0 Å². The maximum Gasteiger partial charge on any atom is 0.320 e. The van der Waals surface area contributed by atoms with Gasteiger partial charge in [-0.15, -0.1) is 11.6 Å². The summed E-state index contributed by atoms with van der Waals surface area (Å²) in [6, 6.07) is 0. The van der Waals surface area contributed by atoms with Crippen LogP contribution in [0, 0.1) is 0 Å².